The molecule has 1 unspecified atom stereocenters. The highest BCUT2D eigenvalue weighted by Crippen LogP contribution is 2.33. The van der Waals surface area contributed by atoms with Gasteiger partial charge in [0.05, 0.1) is 0 Å². The van der Waals surface area contributed by atoms with Crippen molar-refractivity contribution in [1.82, 2.24) is 5.32 Å². The van der Waals surface area contributed by atoms with Gasteiger partial charge in [-0.25, -0.2) is 0 Å². The van der Waals surface area contributed by atoms with Crippen LogP contribution in [0.2, 0.25) is 0 Å². The first kappa shape index (κ1) is 13.4. The molecule has 0 amide bonds. The first-order chi connectivity index (χ1) is 8.85. The Balaban J connectivity index is 1.99. The van der Waals surface area contributed by atoms with E-state index in [1.54, 1.807) is 0 Å². The molecule has 0 bridgehead atoms. The molecule has 1 aliphatic rings. The average molecular weight is 246 g/mol. The average Bonchev–Trinajstić information content (AvgIpc) is 3.25. The summed E-state index contributed by atoms with van der Waals surface area (Å²) in [4.78, 5) is 2.54. The van der Waals surface area contributed by atoms with Crippen molar-refractivity contribution in [2.45, 2.75) is 38.6 Å². The monoisotopic (exact) mass is 246 g/mol. The van der Waals surface area contributed by atoms with Gasteiger partial charge in [0, 0.05) is 24.8 Å². The van der Waals surface area contributed by atoms with Gasteiger partial charge in [-0.1, -0.05) is 31.5 Å². The Labute approximate surface area is 111 Å². The topological polar surface area (TPSA) is 15.3 Å². The van der Waals surface area contributed by atoms with Crippen molar-refractivity contribution in [1.29, 1.82) is 0 Å². The Morgan fingerprint density at radius 2 is 2.00 bits per heavy atom. The molecule has 0 saturated heterocycles. The van der Waals surface area contributed by atoms with Crippen molar-refractivity contribution in [3.05, 3.63) is 30.3 Å². The predicted molar refractivity (Wildman–Crippen MR) is 79.1 cm³/mol. The largest absolute Gasteiger partial charge is 0.370 e. The number of likely N-dealkylation sites (N-methyl/N-ethyl adjacent to an activating group) is 1. The second-order valence-corrected chi connectivity index (χ2v) is 5.37. The normalized spacial score (nSPS) is 16.6. The number of hydrogen-bond donors (Lipinski definition) is 1. The summed E-state index contributed by atoms with van der Waals surface area (Å²) in [7, 11) is 2.10. The number of unbranched alkanes of at least 4 members (excludes halogenated alkanes) is 1. The van der Waals surface area contributed by atoms with Crippen molar-refractivity contribution < 1.29 is 0 Å². The maximum atomic E-state index is 3.50. The summed E-state index contributed by atoms with van der Waals surface area (Å²) in [6, 6.07) is 11.5. The number of hydrogen-bond acceptors (Lipinski definition) is 2. The lowest BCUT2D eigenvalue weighted by molar-refractivity contribution is 0.490. The van der Waals surface area contributed by atoms with Crippen LogP contribution >= 0.6 is 0 Å². The maximum absolute atomic E-state index is 3.50. The van der Waals surface area contributed by atoms with Crippen LogP contribution in [0, 0.1) is 5.92 Å². The molecule has 0 heterocycles. The molecule has 0 spiro atoms. The van der Waals surface area contributed by atoms with Crippen LogP contribution in [0.15, 0.2) is 30.3 Å². The molecule has 0 radical (unpaired) electrons. The van der Waals surface area contributed by atoms with Crippen LogP contribution in [0.4, 0.5) is 5.69 Å². The van der Waals surface area contributed by atoms with Crippen LogP contribution in [-0.4, -0.2) is 26.2 Å². The summed E-state index contributed by atoms with van der Waals surface area (Å²) < 4.78 is 0. The minimum atomic E-state index is 0.655. The highest BCUT2D eigenvalue weighted by atomic mass is 15.2. The van der Waals surface area contributed by atoms with Crippen LogP contribution in [0.5, 0.6) is 0 Å². The van der Waals surface area contributed by atoms with Gasteiger partial charge in [-0.05, 0) is 44.4 Å². The second kappa shape index (κ2) is 6.79. The molecule has 1 aromatic rings. The zero-order valence-electron chi connectivity index (χ0n) is 11.7. The molecule has 1 atom stereocenters. The Morgan fingerprint density at radius 1 is 1.28 bits per heavy atom. The number of para-hydroxylation sites is 1. The standard InChI is InChI=1S/C16H26N2/c1-3-4-12-18(15-8-6-5-7-9-15)13-16(17-2)14-10-11-14/h5-9,14,16-17H,3-4,10-13H2,1-2H3. The molecule has 1 saturated carbocycles. The molecule has 18 heavy (non-hydrogen) atoms. The molecular formula is C16H26N2. The third kappa shape index (κ3) is 3.74. The van der Waals surface area contributed by atoms with E-state index >= 15 is 0 Å². The Hall–Kier alpha value is -1.02. The van der Waals surface area contributed by atoms with Gasteiger partial charge in [0.15, 0.2) is 0 Å². The third-order valence-corrected chi connectivity index (χ3v) is 3.88. The van der Waals surface area contributed by atoms with Crippen LogP contribution in [0.1, 0.15) is 32.6 Å². The molecular weight excluding hydrogens is 220 g/mol. The number of anilines is 1. The molecule has 0 aliphatic heterocycles. The van der Waals surface area contributed by atoms with E-state index in [9.17, 15) is 0 Å². The zero-order chi connectivity index (χ0) is 12.8. The summed E-state index contributed by atoms with van der Waals surface area (Å²) in [5, 5.41) is 3.50. The molecule has 1 N–H and O–H groups in total. The predicted octanol–water partition coefficient (Wildman–Crippen LogP) is 3.29. The van der Waals surface area contributed by atoms with Crippen molar-refractivity contribution in [3.63, 3.8) is 0 Å². The van der Waals surface area contributed by atoms with Crippen molar-refractivity contribution >= 4 is 5.69 Å². The lowest BCUT2D eigenvalue weighted by atomic mass is 10.1. The maximum Gasteiger partial charge on any atom is 0.0366 e. The Morgan fingerprint density at radius 3 is 2.56 bits per heavy atom. The van der Waals surface area contributed by atoms with Gasteiger partial charge in [-0.3, -0.25) is 0 Å². The van der Waals surface area contributed by atoms with Crippen molar-refractivity contribution in [2.24, 2.45) is 5.92 Å². The van der Waals surface area contributed by atoms with Gasteiger partial charge in [0.1, 0.15) is 0 Å². The summed E-state index contributed by atoms with van der Waals surface area (Å²) >= 11 is 0. The molecule has 0 aromatic heterocycles. The fraction of sp³-hybridized carbons (Fsp3) is 0.625. The number of rotatable bonds is 8. The molecule has 2 rings (SSSR count). The first-order valence-electron chi connectivity index (χ1n) is 7.32. The van der Waals surface area contributed by atoms with Crippen LogP contribution < -0.4 is 10.2 Å². The smallest absolute Gasteiger partial charge is 0.0366 e. The first-order valence-corrected chi connectivity index (χ1v) is 7.32. The van der Waals surface area contributed by atoms with Crippen LogP contribution in [-0.2, 0) is 0 Å². The van der Waals surface area contributed by atoms with Crippen LogP contribution in [0.3, 0.4) is 0 Å². The molecule has 2 nitrogen and oxygen atoms in total. The highest BCUT2D eigenvalue weighted by Gasteiger charge is 2.31. The molecule has 100 valence electrons. The second-order valence-electron chi connectivity index (χ2n) is 5.37. The van der Waals surface area contributed by atoms with Crippen LogP contribution in [0.25, 0.3) is 0 Å². The lowest BCUT2D eigenvalue weighted by Gasteiger charge is -2.29. The van der Waals surface area contributed by atoms with Gasteiger partial charge in [-0.2, -0.15) is 0 Å². The van der Waals surface area contributed by atoms with Gasteiger partial charge in [0.2, 0.25) is 0 Å². The highest BCUT2D eigenvalue weighted by molar-refractivity contribution is 5.46. The zero-order valence-corrected chi connectivity index (χ0v) is 11.7. The third-order valence-electron chi connectivity index (χ3n) is 3.88. The Bertz CT molecular complexity index is 332. The Kier molecular flexibility index (Phi) is 5.06. The molecule has 1 aliphatic carbocycles. The van der Waals surface area contributed by atoms with E-state index in [4.69, 9.17) is 0 Å². The van der Waals surface area contributed by atoms with Crippen molar-refractivity contribution in [3.8, 4) is 0 Å². The van der Waals surface area contributed by atoms with E-state index in [2.05, 4.69) is 54.5 Å². The van der Waals surface area contributed by atoms with E-state index in [0.717, 1.165) is 12.5 Å². The van der Waals surface area contributed by atoms with E-state index in [1.807, 2.05) is 0 Å². The molecule has 1 aromatic carbocycles. The van der Waals surface area contributed by atoms with Gasteiger partial charge in [0.25, 0.3) is 0 Å². The van der Waals surface area contributed by atoms with E-state index in [0.29, 0.717) is 6.04 Å². The SMILES string of the molecule is CCCCN(CC(NC)C1CC1)c1ccccc1. The summed E-state index contributed by atoms with van der Waals surface area (Å²) in [6.45, 7) is 4.58. The fourth-order valence-electron chi connectivity index (χ4n) is 2.53. The number of nitrogens with zero attached hydrogens (tertiary/aromatic N) is 1. The van der Waals surface area contributed by atoms with Gasteiger partial charge < -0.3 is 10.2 Å². The van der Waals surface area contributed by atoms with E-state index in [1.165, 1.54) is 37.9 Å². The minimum Gasteiger partial charge on any atom is -0.370 e. The lowest BCUT2D eigenvalue weighted by Crippen LogP contribution is -2.41. The number of nitrogens with one attached hydrogen (secondary N) is 1. The molecule has 1 fully saturated rings. The van der Waals surface area contributed by atoms with Crippen molar-refractivity contribution in [2.75, 3.05) is 25.0 Å². The fourth-order valence-corrected chi connectivity index (χ4v) is 2.53. The quantitative estimate of drug-likeness (QED) is 0.757. The number of benzene rings is 1. The van der Waals surface area contributed by atoms with E-state index in [-0.39, 0.29) is 0 Å². The molecule has 2 heteroatoms. The minimum absolute atomic E-state index is 0.655. The van der Waals surface area contributed by atoms with E-state index < -0.39 is 0 Å². The summed E-state index contributed by atoms with van der Waals surface area (Å²) in [5.41, 5.74) is 1.37. The van der Waals surface area contributed by atoms with Gasteiger partial charge in [-0.15, -0.1) is 0 Å². The summed E-state index contributed by atoms with van der Waals surface area (Å²) in [5.74, 6) is 0.905. The van der Waals surface area contributed by atoms with Gasteiger partial charge >= 0.3 is 0 Å². The summed E-state index contributed by atoms with van der Waals surface area (Å²) in [6.07, 6.45) is 5.34.